The van der Waals surface area contributed by atoms with Gasteiger partial charge in [0.05, 0.1) is 17.9 Å². The van der Waals surface area contributed by atoms with Crippen molar-refractivity contribution in [2.24, 2.45) is 0 Å². The molecular formula is C22H23N5O2. The molecular weight excluding hydrogens is 366 g/mol. The normalized spacial score (nSPS) is 25.5. The first-order valence-electron chi connectivity index (χ1n) is 9.96. The number of ether oxygens (including phenoxy) is 1. The average molecular weight is 389 g/mol. The van der Waals surface area contributed by atoms with Crippen LogP contribution in [0.3, 0.4) is 0 Å². The number of nitrogens with one attached hydrogen (secondary N) is 2. The molecule has 1 aliphatic heterocycles. The Bertz CT molecular complexity index is 975. The van der Waals surface area contributed by atoms with Crippen molar-refractivity contribution in [1.82, 2.24) is 25.4 Å². The number of rotatable bonds is 5. The van der Waals surface area contributed by atoms with Gasteiger partial charge in [-0.25, -0.2) is 9.48 Å². The highest BCUT2D eigenvalue weighted by molar-refractivity contribution is 5.75. The van der Waals surface area contributed by atoms with E-state index in [0.717, 1.165) is 29.7 Å². The Labute approximate surface area is 169 Å². The maximum absolute atomic E-state index is 12.5. The minimum atomic E-state index is -0.145. The van der Waals surface area contributed by atoms with Gasteiger partial charge in [-0.2, -0.15) is 5.10 Å². The molecule has 2 fully saturated rings. The lowest BCUT2D eigenvalue weighted by Gasteiger charge is -2.20. The smallest absolute Gasteiger partial charge is 0.315 e. The third-order valence-electron chi connectivity index (χ3n) is 5.58. The van der Waals surface area contributed by atoms with Gasteiger partial charge in [0.15, 0.2) is 0 Å². The van der Waals surface area contributed by atoms with Crippen molar-refractivity contribution in [3.63, 3.8) is 0 Å². The molecule has 3 aromatic rings. The Morgan fingerprint density at radius 3 is 2.72 bits per heavy atom. The van der Waals surface area contributed by atoms with E-state index in [1.807, 2.05) is 59.5 Å². The first kappa shape index (κ1) is 17.9. The van der Waals surface area contributed by atoms with Gasteiger partial charge < -0.3 is 15.4 Å². The zero-order chi connectivity index (χ0) is 19.6. The molecule has 148 valence electrons. The van der Waals surface area contributed by atoms with Crippen LogP contribution in [0.4, 0.5) is 4.79 Å². The molecule has 2 amide bonds. The summed E-state index contributed by atoms with van der Waals surface area (Å²) in [4.78, 5) is 16.7. The van der Waals surface area contributed by atoms with Crippen LogP contribution in [-0.4, -0.2) is 39.5 Å². The molecule has 3 heterocycles. The fourth-order valence-electron chi connectivity index (χ4n) is 3.96. The summed E-state index contributed by atoms with van der Waals surface area (Å²) in [6.45, 7) is 0.634. The highest BCUT2D eigenvalue weighted by Gasteiger charge is 2.41. The van der Waals surface area contributed by atoms with E-state index in [-0.39, 0.29) is 24.2 Å². The van der Waals surface area contributed by atoms with E-state index in [0.29, 0.717) is 12.5 Å². The lowest BCUT2D eigenvalue weighted by atomic mass is 10.0. The molecule has 5 rings (SSSR count). The minimum Gasteiger partial charge on any atom is -0.371 e. The van der Waals surface area contributed by atoms with Gasteiger partial charge in [-0.1, -0.05) is 24.3 Å². The van der Waals surface area contributed by atoms with Gasteiger partial charge in [-0.05, 0) is 36.6 Å². The van der Waals surface area contributed by atoms with Crippen molar-refractivity contribution in [2.75, 3.05) is 6.61 Å². The molecule has 4 atom stereocenters. The van der Waals surface area contributed by atoms with Crippen LogP contribution < -0.4 is 10.6 Å². The van der Waals surface area contributed by atoms with Crippen LogP contribution in [0.5, 0.6) is 0 Å². The number of amides is 2. The second-order valence-electron chi connectivity index (χ2n) is 7.59. The summed E-state index contributed by atoms with van der Waals surface area (Å²) < 4.78 is 7.69. The van der Waals surface area contributed by atoms with E-state index in [1.165, 1.54) is 0 Å². The van der Waals surface area contributed by atoms with Crippen molar-refractivity contribution in [2.45, 2.75) is 36.9 Å². The van der Waals surface area contributed by atoms with Gasteiger partial charge in [0, 0.05) is 42.7 Å². The molecule has 7 heteroatoms. The third kappa shape index (κ3) is 3.86. The number of benzene rings is 1. The zero-order valence-corrected chi connectivity index (χ0v) is 15.9. The third-order valence-corrected chi connectivity index (χ3v) is 5.58. The van der Waals surface area contributed by atoms with E-state index in [9.17, 15) is 4.79 Å². The molecule has 7 nitrogen and oxygen atoms in total. The minimum absolute atomic E-state index is 0.0442. The second kappa shape index (κ2) is 7.67. The van der Waals surface area contributed by atoms with E-state index in [4.69, 9.17) is 4.74 Å². The summed E-state index contributed by atoms with van der Waals surface area (Å²) in [6.07, 6.45) is 9.05. The van der Waals surface area contributed by atoms with E-state index in [2.05, 4.69) is 20.7 Å². The molecule has 0 unspecified atom stereocenters. The average Bonchev–Trinajstić information content (AvgIpc) is 3.16. The Morgan fingerprint density at radius 2 is 1.90 bits per heavy atom. The van der Waals surface area contributed by atoms with E-state index in [1.54, 1.807) is 12.4 Å². The summed E-state index contributed by atoms with van der Waals surface area (Å²) in [5, 5.41) is 10.6. The van der Waals surface area contributed by atoms with Gasteiger partial charge >= 0.3 is 6.03 Å². The summed E-state index contributed by atoms with van der Waals surface area (Å²) in [7, 11) is 0. The molecule has 29 heavy (non-hydrogen) atoms. The van der Waals surface area contributed by atoms with Crippen molar-refractivity contribution in [3.05, 3.63) is 78.4 Å². The summed E-state index contributed by atoms with van der Waals surface area (Å²) in [5.74, 6) is 0.312. The number of para-hydroxylation sites is 1. The molecule has 1 aliphatic carbocycles. The second-order valence-corrected chi connectivity index (χ2v) is 7.59. The fourth-order valence-corrected chi connectivity index (χ4v) is 3.96. The summed E-state index contributed by atoms with van der Waals surface area (Å²) in [5.41, 5.74) is 3.17. The SMILES string of the molecule is O=C(N[C@@H]1C[C@H]1c1cnn(-c2ccccc2)c1)N[C@@H]1CCO[C@H]1c1cccnc1. The van der Waals surface area contributed by atoms with Crippen LogP contribution in [-0.2, 0) is 4.74 Å². The lowest BCUT2D eigenvalue weighted by Crippen LogP contribution is -2.44. The largest absolute Gasteiger partial charge is 0.371 e. The monoisotopic (exact) mass is 389 g/mol. The molecule has 1 saturated carbocycles. The molecule has 0 spiro atoms. The van der Waals surface area contributed by atoms with Crippen LogP contribution in [0.2, 0.25) is 0 Å². The number of nitrogens with zero attached hydrogens (tertiary/aromatic N) is 3. The number of hydrogen-bond donors (Lipinski definition) is 2. The van der Waals surface area contributed by atoms with E-state index >= 15 is 0 Å². The number of pyridine rings is 1. The predicted octanol–water partition coefficient (Wildman–Crippen LogP) is 2.95. The lowest BCUT2D eigenvalue weighted by molar-refractivity contribution is 0.0996. The predicted molar refractivity (Wildman–Crippen MR) is 108 cm³/mol. The molecule has 2 aliphatic rings. The van der Waals surface area contributed by atoms with Crippen LogP contribution in [0, 0.1) is 0 Å². The van der Waals surface area contributed by atoms with E-state index < -0.39 is 0 Å². The Hall–Kier alpha value is -3.19. The molecule has 1 saturated heterocycles. The summed E-state index contributed by atoms with van der Waals surface area (Å²) in [6, 6.07) is 13.8. The first-order chi connectivity index (χ1) is 14.3. The van der Waals surface area contributed by atoms with Gasteiger partial charge in [0.2, 0.25) is 0 Å². The van der Waals surface area contributed by atoms with Gasteiger partial charge in [-0.3, -0.25) is 4.98 Å². The maximum Gasteiger partial charge on any atom is 0.315 e. The van der Waals surface area contributed by atoms with Gasteiger partial charge in [-0.15, -0.1) is 0 Å². The molecule has 0 bridgehead atoms. The van der Waals surface area contributed by atoms with Gasteiger partial charge in [0.25, 0.3) is 0 Å². The number of aromatic nitrogens is 3. The van der Waals surface area contributed by atoms with Crippen LogP contribution in [0.15, 0.2) is 67.3 Å². The maximum atomic E-state index is 12.5. The van der Waals surface area contributed by atoms with Crippen LogP contribution in [0.25, 0.3) is 5.69 Å². The van der Waals surface area contributed by atoms with Crippen LogP contribution >= 0.6 is 0 Å². The Balaban J connectivity index is 1.16. The quantitative estimate of drug-likeness (QED) is 0.703. The zero-order valence-electron chi connectivity index (χ0n) is 15.9. The first-order valence-corrected chi connectivity index (χ1v) is 9.96. The molecule has 1 aromatic carbocycles. The van der Waals surface area contributed by atoms with Crippen molar-refractivity contribution >= 4 is 6.03 Å². The Kier molecular flexibility index (Phi) is 4.73. The van der Waals surface area contributed by atoms with Gasteiger partial charge in [0.1, 0.15) is 6.10 Å². The highest BCUT2D eigenvalue weighted by Crippen LogP contribution is 2.40. The standard InChI is InChI=1S/C22H23N5O2/c28-22(25-19-8-10-29-21(19)15-5-4-9-23-12-15)26-20-11-18(20)16-13-24-27(14-16)17-6-2-1-3-7-17/h1-7,9,12-14,18-21H,8,10-11H2,(H2,25,26,28)/t18-,19+,20+,21-/m0/s1. The molecule has 0 radical (unpaired) electrons. The van der Waals surface area contributed by atoms with Crippen molar-refractivity contribution < 1.29 is 9.53 Å². The molecule has 2 aromatic heterocycles. The topological polar surface area (TPSA) is 81.1 Å². The highest BCUT2D eigenvalue weighted by atomic mass is 16.5. The number of carbonyl (C=O) groups excluding carboxylic acids is 1. The van der Waals surface area contributed by atoms with Crippen molar-refractivity contribution in [1.29, 1.82) is 0 Å². The van der Waals surface area contributed by atoms with Crippen molar-refractivity contribution in [3.8, 4) is 5.69 Å². The molecule has 2 N–H and O–H groups in total. The Morgan fingerprint density at radius 1 is 1.03 bits per heavy atom. The number of hydrogen-bond acceptors (Lipinski definition) is 4. The number of carbonyl (C=O) groups is 1. The van der Waals surface area contributed by atoms with Crippen LogP contribution in [0.1, 0.15) is 36.0 Å². The fraction of sp³-hybridized carbons (Fsp3) is 0.318. The number of urea groups is 1. The summed E-state index contributed by atoms with van der Waals surface area (Å²) >= 11 is 0.